The van der Waals surface area contributed by atoms with Gasteiger partial charge in [0.1, 0.15) is 17.3 Å². The van der Waals surface area contributed by atoms with Crippen molar-refractivity contribution in [1.29, 1.82) is 0 Å². The molecule has 3 heterocycles. The molecule has 5 rings (SSSR count). The number of carbonyl (C=O) groups is 1. The van der Waals surface area contributed by atoms with Crippen LogP contribution in [0.4, 0.5) is 0 Å². The SMILES string of the molecule is COC(=O)C1=C(C)N=c2s/c(=C\c3ccc(-c4ccccc4Cl)o3)c(=O)n2[C@@H]1c1ccc(OC)cc1. The molecule has 0 amide bonds. The molecule has 0 saturated heterocycles. The fourth-order valence-corrected chi connectivity index (χ4v) is 5.42. The van der Waals surface area contributed by atoms with Crippen molar-refractivity contribution in [3.63, 3.8) is 0 Å². The van der Waals surface area contributed by atoms with Crippen LogP contribution >= 0.6 is 22.9 Å². The number of thiazole rings is 1. The van der Waals surface area contributed by atoms with E-state index in [4.69, 9.17) is 25.5 Å². The van der Waals surface area contributed by atoms with Crippen molar-refractivity contribution in [1.82, 2.24) is 4.57 Å². The molecule has 0 aliphatic carbocycles. The van der Waals surface area contributed by atoms with E-state index in [1.165, 1.54) is 23.0 Å². The maximum Gasteiger partial charge on any atom is 0.338 e. The third-order valence-electron chi connectivity index (χ3n) is 5.90. The van der Waals surface area contributed by atoms with Crippen LogP contribution in [0.2, 0.25) is 5.02 Å². The number of aromatic nitrogens is 1. The van der Waals surface area contributed by atoms with E-state index < -0.39 is 12.0 Å². The smallest absolute Gasteiger partial charge is 0.338 e. The van der Waals surface area contributed by atoms with E-state index in [0.29, 0.717) is 42.9 Å². The van der Waals surface area contributed by atoms with E-state index >= 15 is 0 Å². The number of rotatable bonds is 5. The van der Waals surface area contributed by atoms with Crippen LogP contribution in [-0.4, -0.2) is 24.8 Å². The van der Waals surface area contributed by atoms with Gasteiger partial charge >= 0.3 is 5.97 Å². The van der Waals surface area contributed by atoms with E-state index in [-0.39, 0.29) is 5.56 Å². The van der Waals surface area contributed by atoms with Gasteiger partial charge in [0.2, 0.25) is 0 Å². The van der Waals surface area contributed by atoms with Crippen molar-refractivity contribution in [3.05, 3.63) is 108 Å². The molecule has 1 atom stereocenters. The lowest BCUT2D eigenvalue weighted by molar-refractivity contribution is -0.136. The first-order valence-electron chi connectivity index (χ1n) is 11.0. The van der Waals surface area contributed by atoms with Crippen LogP contribution in [0.1, 0.15) is 24.3 Å². The molecule has 0 saturated carbocycles. The van der Waals surface area contributed by atoms with Crippen LogP contribution < -0.4 is 19.6 Å². The van der Waals surface area contributed by atoms with Crippen LogP contribution in [0.25, 0.3) is 17.4 Å². The summed E-state index contributed by atoms with van der Waals surface area (Å²) in [4.78, 5) is 31.4. The highest BCUT2D eigenvalue weighted by Gasteiger charge is 2.33. The summed E-state index contributed by atoms with van der Waals surface area (Å²) >= 11 is 7.52. The first-order valence-corrected chi connectivity index (χ1v) is 12.2. The molecular weight excluding hydrogens is 500 g/mol. The Labute approximate surface area is 215 Å². The Morgan fingerprint density at radius 2 is 1.86 bits per heavy atom. The highest BCUT2D eigenvalue weighted by molar-refractivity contribution is 7.07. The van der Waals surface area contributed by atoms with Gasteiger partial charge in [0.05, 0.1) is 41.1 Å². The Morgan fingerprint density at radius 3 is 2.56 bits per heavy atom. The van der Waals surface area contributed by atoms with Crippen molar-refractivity contribution in [3.8, 4) is 17.1 Å². The molecule has 0 unspecified atom stereocenters. The molecule has 9 heteroatoms. The second-order valence-corrected chi connectivity index (χ2v) is 9.44. The van der Waals surface area contributed by atoms with Crippen LogP contribution in [-0.2, 0) is 9.53 Å². The van der Waals surface area contributed by atoms with Crippen molar-refractivity contribution in [2.45, 2.75) is 13.0 Å². The summed E-state index contributed by atoms with van der Waals surface area (Å²) in [6.45, 7) is 1.74. The molecule has 2 aromatic carbocycles. The maximum atomic E-state index is 13.6. The van der Waals surface area contributed by atoms with Gasteiger partial charge in [-0.15, -0.1) is 0 Å². The van der Waals surface area contributed by atoms with Crippen molar-refractivity contribution in [2.75, 3.05) is 14.2 Å². The standard InChI is InChI=1S/C27H21ClN2O5S/c1-15-23(26(32)34-3)24(16-8-10-17(33-2)11-9-16)30-25(31)22(36-27(30)29-15)14-18-12-13-21(35-18)19-6-4-5-7-20(19)28/h4-14,24H,1-3H3/b22-14-/t24-/m1/s1. The minimum Gasteiger partial charge on any atom is -0.497 e. The summed E-state index contributed by atoms with van der Waals surface area (Å²) in [5.74, 6) is 1.22. The number of hydrogen-bond donors (Lipinski definition) is 0. The Balaban J connectivity index is 1.65. The van der Waals surface area contributed by atoms with Crippen LogP contribution in [0.3, 0.4) is 0 Å². The van der Waals surface area contributed by atoms with E-state index in [1.54, 1.807) is 44.4 Å². The molecule has 1 aliphatic heterocycles. The lowest BCUT2D eigenvalue weighted by Gasteiger charge is -2.24. The summed E-state index contributed by atoms with van der Waals surface area (Å²) in [6, 6.07) is 17.5. The van der Waals surface area contributed by atoms with Gasteiger partial charge in [-0.05, 0) is 48.9 Å². The first kappa shape index (κ1) is 23.8. The Bertz CT molecular complexity index is 1680. The number of ether oxygens (including phenoxy) is 2. The average molecular weight is 521 g/mol. The Hall–Kier alpha value is -3.88. The number of halogens is 1. The molecule has 1 aliphatic rings. The molecule has 4 aromatic rings. The molecule has 0 radical (unpaired) electrons. The molecule has 182 valence electrons. The fraction of sp³-hybridized carbons (Fsp3) is 0.148. The van der Waals surface area contributed by atoms with Crippen molar-refractivity contribution < 1.29 is 18.7 Å². The van der Waals surface area contributed by atoms with E-state index in [2.05, 4.69) is 4.99 Å². The lowest BCUT2D eigenvalue weighted by atomic mass is 9.96. The third-order valence-corrected chi connectivity index (χ3v) is 7.21. The number of benzene rings is 2. The van der Waals surface area contributed by atoms with Crippen LogP contribution in [0, 0.1) is 0 Å². The van der Waals surface area contributed by atoms with Gasteiger partial charge in [-0.2, -0.15) is 0 Å². The number of hydrogen-bond acceptors (Lipinski definition) is 7. The minimum absolute atomic E-state index is 0.288. The summed E-state index contributed by atoms with van der Waals surface area (Å²) in [5.41, 5.74) is 2.01. The minimum atomic E-state index is -0.697. The second kappa shape index (κ2) is 9.64. The summed E-state index contributed by atoms with van der Waals surface area (Å²) < 4.78 is 18.2. The molecule has 36 heavy (non-hydrogen) atoms. The van der Waals surface area contributed by atoms with E-state index in [9.17, 15) is 9.59 Å². The zero-order chi connectivity index (χ0) is 25.4. The molecule has 7 nitrogen and oxygen atoms in total. The number of esters is 1. The quantitative estimate of drug-likeness (QED) is 0.366. The number of fused-ring (bicyclic) bond motifs is 1. The number of furan rings is 1. The average Bonchev–Trinajstić information content (AvgIpc) is 3.47. The first-order chi connectivity index (χ1) is 17.4. The topological polar surface area (TPSA) is 83.0 Å². The number of nitrogens with zero attached hydrogens (tertiary/aromatic N) is 2. The van der Waals surface area contributed by atoms with Gasteiger partial charge in [-0.3, -0.25) is 9.36 Å². The summed E-state index contributed by atoms with van der Waals surface area (Å²) in [7, 11) is 2.89. The van der Waals surface area contributed by atoms with Gasteiger partial charge in [0.25, 0.3) is 5.56 Å². The molecule has 0 fully saturated rings. The largest absolute Gasteiger partial charge is 0.497 e. The molecular formula is C27H21ClN2O5S. The predicted octanol–water partition coefficient (Wildman–Crippen LogP) is 4.33. The van der Waals surface area contributed by atoms with Crippen LogP contribution in [0.5, 0.6) is 5.75 Å². The van der Waals surface area contributed by atoms with Gasteiger partial charge < -0.3 is 13.9 Å². The monoisotopic (exact) mass is 520 g/mol. The van der Waals surface area contributed by atoms with Crippen molar-refractivity contribution >= 4 is 35.0 Å². The molecule has 0 N–H and O–H groups in total. The molecule has 0 spiro atoms. The Kier molecular flexibility index (Phi) is 6.38. The Morgan fingerprint density at radius 1 is 1.11 bits per heavy atom. The zero-order valence-corrected chi connectivity index (χ0v) is 21.2. The fourth-order valence-electron chi connectivity index (χ4n) is 4.16. The number of methoxy groups -OCH3 is 2. The maximum absolute atomic E-state index is 13.6. The van der Waals surface area contributed by atoms with Gasteiger partial charge in [0.15, 0.2) is 4.80 Å². The van der Waals surface area contributed by atoms with E-state index in [0.717, 1.165) is 11.1 Å². The van der Waals surface area contributed by atoms with E-state index in [1.807, 2.05) is 36.4 Å². The van der Waals surface area contributed by atoms with Crippen molar-refractivity contribution in [2.24, 2.45) is 4.99 Å². The summed E-state index contributed by atoms with van der Waals surface area (Å²) in [5, 5.41) is 0.572. The predicted molar refractivity (Wildman–Crippen MR) is 138 cm³/mol. The van der Waals surface area contributed by atoms with Gasteiger partial charge in [0, 0.05) is 11.6 Å². The number of allylic oxidation sites excluding steroid dienone is 1. The zero-order valence-electron chi connectivity index (χ0n) is 19.7. The highest BCUT2D eigenvalue weighted by atomic mass is 35.5. The molecule has 0 bridgehead atoms. The van der Waals surface area contributed by atoms with Gasteiger partial charge in [-0.25, -0.2) is 9.79 Å². The summed E-state index contributed by atoms with van der Waals surface area (Å²) in [6.07, 6.45) is 1.67. The van der Waals surface area contributed by atoms with Crippen LogP contribution in [0.15, 0.2) is 86.1 Å². The third kappa shape index (κ3) is 4.19. The number of carbonyl (C=O) groups excluding carboxylic acids is 1. The van der Waals surface area contributed by atoms with Gasteiger partial charge in [-0.1, -0.05) is 47.2 Å². The normalized spacial score (nSPS) is 15.4. The second-order valence-electron chi connectivity index (χ2n) is 8.03. The highest BCUT2D eigenvalue weighted by Crippen LogP contribution is 2.32. The lowest BCUT2D eigenvalue weighted by Crippen LogP contribution is -2.39. The molecule has 2 aromatic heterocycles.